The second kappa shape index (κ2) is 5.98. The van der Waals surface area contributed by atoms with Crippen molar-refractivity contribution in [1.29, 1.82) is 0 Å². The van der Waals surface area contributed by atoms with Crippen molar-refractivity contribution in [2.24, 2.45) is 0 Å². The summed E-state index contributed by atoms with van der Waals surface area (Å²) in [6, 6.07) is 15.7. The summed E-state index contributed by atoms with van der Waals surface area (Å²) in [7, 11) is 1.63. The van der Waals surface area contributed by atoms with Gasteiger partial charge in [0.05, 0.1) is 13.2 Å². The van der Waals surface area contributed by atoms with Gasteiger partial charge in [0.25, 0.3) is 0 Å². The van der Waals surface area contributed by atoms with Crippen LogP contribution in [0.3, 0.4) is 0 Å². The molecule has 0 radical (unpaired) electrons. The van der Waals surface area contributed by atoms with Crippen LogP contribution in [0.2, 0.25) is 0 Å². The Bertz CT molecular complexity index is 579. The molecule has 106 valence electrons. The molecule has 0 fully saturated rings. The first kappa shape index (κ1) is 15.1. The number of aliphatic hydroxyl groups is 1. The Labute approximate surface area is 128 Å². The number of methoxy groups -OCH3 is 1. The van der Waals surface area contributed by atoms with E-state index in [1.54, 1.807) is 7.11 Å². The van der Waals surface area contributed by atoms with E-state index >= 15 is 0 Å². The zero-order chi connectivity index (χ0) is 14.8. The molecule has 0 bridgehead atoms. The fourth-order valence-corrected chi connectivity index (χ4v) is 2.85. The third kappa shape index (κ3) is 2.89. The lowest BCUT2D eigenvalue weighted by molar-refractivity contribution is 0.0995. The SMILES string of the molecule is COc1ccc(C(O)C(C)(C)c2ccccc2)c(Br)c1. The molecular formula is C17H19BrO2. The van der Waals surface area contributed by atoms with E-state index in [1.165, 1.54) is 0 Å². The van der Waals surface area contributed by atoms with Crippen LogP contribution in [-0.4, -0.2) is 12.2 Å². The normalized spacial score (nSPS) is 13.1. The minimum atomic E-state index is -0.606. The number of hydrogen-bond donors (Lipinski definition) is 1. The van der Waals surface area contributed by atoms with Crippen molar-refractivity contribution in [2.75, 3.05) is 7.11 Å². The molecule has 0 aliphatic heterocycles. The van der Waals surface area contributed by atoms with Crippen molar-refractivity contribution in [1.82, 2.24) is 0 Å². The number of halogens is 1. The average Bonchev–Trinajstić information content (AvgIpc) is 2.47. The largest absolute Gasteiger partial charge is 0.497 e. The lowest BCUT2D eigenvalue weighted by Crippen LogP contribution is -2.27. The molecule has 20 heavy (non-hydrogen) atoms. The van der Waals surface area contributed by atoms with Gasteiger partial charge in [0.15, 0.2) is 0 Å². The molecule has 2 rings (SSSR count). The van der Waals surface area contributed by atoms with E-state index in [4.69, 9.17) is 4.74 Å². The smallest absolute Gasteiger partial charge is 0.120 e. The van der Waals surface area contributed by atoms with Crippen molar-refractivity contribution in [3.8, 4) is 5.75 Å². The molecule has 0 aliphatic carbocycles. The number of hydrogen-bond acceptors (Lipinski definition) is 2. The quantitative estimate of drug-likeness (QED) is 0.893. The lowest BCUT2D eigenvalue weighted by Gasteiger charge is -2.32. The Hall–Kier alpha value is -1.32. The van der Waals surface area contributed by atoms with Gasteiger partial charge in [0, 0.05) is 9.89 Å². The van der Waals surface area contributed by atoms with Gasteiger partial charge in [-0.25, -0.2) is 0 Å². The van der Waals surface area contributed by atoms with E-state index < -0.39 is 6.10 Å². The number of rotatable bonds is 4. The summed E-state index contributed by atoms with van der Waals surface area (Å²) >= 11 is 3.51. The standard InChI is InChI=1S/C17H19BrO2/c1-17(2,12-7-5-4-6-8-12)16(19)14-10-9-13(20-3)11-15(14)18/h4-11,16,19H,1-3H3. The third-order valence-electron chi connectivity index (χ3n) is 3.70. The fraction of sp³-hybridized carbons (Fsp3) is 0.294. The maximum absolute atomic E-state index is 10.8. The Morgan fingerprint density at radius 2 is 1.75 bits per heavy atom. The van der Waals surface area contributed by atoms with Crippen molar-refractivity contribution in [2.45, 2.75) is 25.4 Å². The molecule has 1 N–H and O–H groups in total. The average molecular weight is 335 g/mol. The summed E-state index contributed by atoms with van der Waals surface area (Å²) in [4.78, 5) is 0. The molecule has 2 aromatic carbocycles. The van der Waals surface area contributed by atoms with E-state index in [0.29, 0.717) is 0 Å². The van der Waals surface area contributed by atoms with E-state index in [0.717, 1.165) is 21.3 Å². The number of ether oxygens (including phenoxy) is 1. The molecule has 2 nitrogen and oxygen atoms in total. The predicted octanol–water partition coefficient (Wildman–Crippen LogP) is 4.47. The monoisotopic (exact) mass is 334 g/mol. The first-order valence-electron chi connectivity index (χ1n) is 6.54. The van der Waals surface area contributed by atoms with Crippen molar-refractivity contribution >= 4 is 15.9 Å². The van der Waals surface area contributed by atoms with E-state index in [9.17, 15) is 5.11 Å². The van der Waals surface area contributed by atoms with Gasteiger partial charge in [-0.2, -0.15) is 0 Å². The van der Waals surface area contributed by atoms with E-state index in [-0.39, 0.29) is 5.41 Å². The van der Waals surface area contributed by atoms with Gasteiger partial charge >= 0.3 is 0 Å². The molecule has 0 saturated heterocycles. The Morgan fingerprint density at radius 3 is 2.30 bits per heavy atom. The predicted molar refractivity (Wildman–Crippen MR) is 85.1 cm³/mol. The molecule has 0 aliphatic rings. The number of benzene rings is 2. The molecule has 0 aromatic heterocycles. The minimum Gasteiger partial charge on any atom is -0.497 e. The molecule has 0 spiro atoms. The molecule has 0 saturated carbocycles. The summed E-state index contributed by atoms with van der Waals surface area (Å²) < 4.78 is 6.04. The molecule has 0 heterocycles. The van der Waals surface area contributed by atoms with Crippen LogP contribution in [0.1, 0.15) is 31.1 Å². The van der Waals surface area contributed by atoms with Gasteiger partial charge in [-0.3, -0.25) is 0 Å². The van der Waals surface area contributed by atoms with Crippen LogP contribution < -0.4 is 4.74 Å². The Balaban J connectivity index is 2.38. The minimum absolute atomic E-state index is 0.377. The highest BCUT2D eigenvalue weighted by molar-refractivity contribution is 9.10. The van der Waals surface area contributed by atoms with Gasteiger partial charge in [-0.1, -0.05) is 66.2 Å². The van der Waals surface area contributed by atoms with Gasteiger partial charge in [0.2, 0.25) is 0 Å². The maximum Gasteiger partial charge on any atom is 0.120 e. The Morgan fingerprint density at radius 1 is 1.10 bits per heavy atom. The van der Waals surface area contributed by atoms with Gasteiger partial charge in [-0.05, 0) is 23.3 Å². The molecule has 1 unspecified atom stereocenters. The summed E-state index contributed by atoms with van der Waals surface area (Å²) in [6.07, 6.45) is -0.606. The zero-order valence-corrected chi connectivity index (χ0v) is 13.5. The third-order valence-corrected chi connectivity index (χ3v) is 4.39. The van der Waals surface area contributed by atoms with Crippen molar-refractivity contribution < 1.29 is 9.84 Å². The first-order chi connectivity index (χ1) is 9.46. The van der Waals surface area contributed by atoms with Crippen LogP contribution in [0.25, 0.3) is 0 Å². The molecule has 1 atom stereocenters. The second-order valence-electron chi connectivity index (χ2n) is 5.38. The second-order valence-corrected chi connectivity index (χ2v) is 6.23. The van der Waals surface area contributed by atoms with Crippen LogP contribution in [0, 0.1) is 0 Å². The van der Waals surface area contributed by atoms with Crippen molar-refractivity contribution in [3.05, 3.63) is 64.1 Å². The molecule has 2 aromatic rings. The van der Waals surface area contributed by atoms with E-state index in [1.807, 2.05) is 62.4 Å². The fourth-order valence-electron chi connectivity index (χ4n) is 2.27. The lowest BCUT2D eigenvalue weighted by atomic mass is 9.77. The maximum atomic E-state index is 10.8. The first-order valence-corrected chi connectivity index (χ1v) is 7.33. The van der Waals surface area contributed by atoms with E-state index in [2.05, 4.69) is 15.9 Å². The van der Waals surface area contributed by atoms with Gasteiger partial charge < -0.3 is 9.84 Å². The highest BCUT2D eigenvalue weighted by Crippen LogP contribution is 2.40. The Kier molecular flexibility index (Phi) is 4.51. The van der Waals surface area contributed by atoms with Gasteiger partial charge in [0.1, 0.15) is 5.75 Å². The highest BCUT2D eigenvalue weighted by atomic mass is 79.9. The van der Waals surface area contributed by atoms with Crippen LogP contribution in [0.15, 0.2) is 53.0 Å². The highest BCUT2D eigenvalue weighted by Gasteiger charge is 2.32. The number of aliphatic hydroxyl groups excluding tert-OH is 1. The summed E-state index contributed by atoms with van der Waals surface area (Å²) in [5, 5.41) is 10.8. The van der Waals surface area contributed by atoms with Crippen molar-refractivity contribution in [3.63, 3.8) is 0 Å². The summed E-state index contributed by atoms with van der Waals surface area (Å²) in [6.45, 7) is 4.09. The van der Waals surface area contributed by atoms with Crippen LogP contribution in [-0.2, 0) is 5.41 Å². The zero-order valence-electron chi connectivity index (χ0n) is 11.9. The van der Waals surface area contributed by atoms with Gasteiger partial charge in [-0.15, -0.1) is 0 Å². The van der Waals surface area contributed by atoms with Crippen LogP contribution >= 0.6 is 15.9 Å². The molecular weight excluding hydrogens is 316 g/mol. The summed E-state index contributed by atoms with van der Waals surface area (Å²) in [5.41, 5.74) is 1.59. The van der Waals surface area contributed by atoms with Crippen LogP contribution in [0.5, 0.6) is 5.75 Å². The molecule has 3 heteroatoms. The van der Waals surface area contributed by atoms with Crippen LogP contribution in [0.4, 0.5) is 0 Å². The molecule has 0 amide bonds. The summed E-state index contributed by atoms with van der Waals surface area (Å²) in [5.74, 6) is 0.769. The topological polar surface area (TPSA) is 29.5 Å².